The maximum absolute atomic E-state index is 11.4. The van der Waals surface area contributed by atoms with Crippen LogP contribution >= 0.6 is 0 Å². The van der Waals surface area contributed by atoms with Crippen molar-refractivity contribution in [3.63, 3.8) is 0 Å². The fourth-order valence-electron chi connectivity index (χ4n) is 2.80. The predicted molar refractivity (Wildman–Crippen MR) is 92.7 cm³/mol. The van der Waals surface area contributed by atoms with Crippen molar-refractivity contribution < 1.29 is 4.79 Å². The molecule has 0 heterocycles. The van der Waals surface area contributed by atoms with Gasteiger partial charge >= 0.3 is 0 Å². The number of carbonyl (C=O) groups is 1. The summed E-state index contributed by atoms with van der Waals surface area (Å²) >= 11 is 0. The monoisotopic (exact) mass is 310 g/mol. The Kier molecular flexibility index (Phi) is 7.17. The topological polar surface area (TPSA) is 79.5 Å². The fraction of sp³-hybridized carbons (Fsp3) is 0.882. The van der Waals surface area contributed by atoms with Gasteiger partial charge < -0.3 is 16.4 Å². The Morgan fingerprint density at radius 3 is 2.32 bits per heavy atom. The summed E-state index contributed by atoms with van der Waals surface area (Å²) in [4.78, 5) is 15.9. The summed E-state index contributed by atoms with van der Waals surface area (Å²) in [5.41, 5.74) is 4.80. The van der Waals surface area contributed by atoms with E-state index in [0.717, 1.165) is 24.3 Å². The lowest BCUT2D eigenvalue weighted by molar-refractivity contribution is -0.125. The van der Waals surface area contributed by atoms with Gasteiger partial charge in [-0.05, 0) is 58.3 Å². The molecule has 0 aromatic rings. The largest absolute Gasteiger partial charge is 0.369 e. The Morgan fingerprint density at radius 2 is 1.86 bits per heavy atom. The highest BCUT2D eigenvalue weighted by Crippen LogP contribution is 2.29. The number of nitrogens with one attached hydrogen (secondary N) is 2. The second kappa shape index (κ2) is 8.39. The summed E-state index contributed by atoms with van der Waals surface area (Å²) in [5, 5.41) is 6.78. The van der Waals surface area contributed by atoms with Crippen LogP contribution in [0.2, 0.25) is 0 Å². The van der Waals surface area contributed by atoms with Crippen molar-refractivity contribution in [1.29, 1.82) is 0 Å². The minimum absolute atomic E-state index is 0.315. The Morgan fingerprint density at radius 1 is 1.27 bits per heavy atom. The molecule has 1 aliphatic rings. The van der Waals surface area contributed by atoms with Crippen molar-refractivity contribution in [1.82, 2.24) is 10.6 Å². The van der Waals surface area contributed by atoms with Crippen LogP contribution in [0, 0.1) is 17.3 Å². The molecule has 0 radical (unpaired) electrons. The van der Waals surface area contributed by atoms with Gasteiger partial charge in [-0.15, -0.1) is 0 Å². The lowest BCUT2D eigenvalue weighted by atomic mass is 9.80. The van der Waals surface area contributed by atoms with Gasteiger partial charge in [0.1, 0.15) is 0 Å². The van der Waals surface area contributed by atoms with E-state index in [0.29, 0.717) is 12.6 Å². The van der Waals surface area contributed by atoms with Gasteiger partial charge in [0.15, 0.2) is 5.96 Å². The van der Waals surface area contributed by atoms with E-state index in [2.05, 4.69) is 29.5 Å². The molecule has 5 heteroatoms. The number of carbonyl (C=O) groups excluding carboxylic acids is 1. The Labute approximate surface area is 135 Å². The molecule has 1 amide bonds. The second-order valence-electron chi connectivity index (χ2n) is 7.44. The summed E-state index contributed by atoms with van der Waals surface area (Å²) < 4.78 is 0. The number of guanidine groups is 1. The second-order valence-corrected chi connectivity index (χ2v) is 7.44. The van der Waals surface area contributed by atoms with E-state index in [4.69, 9.17) is 5.73 Å². The number of primary amides is 1. The zero-order valence-corrected chi connectivity index (χ0v) is 14.9. The third-order valence-corrected chi connectivity index (χ3v) is 4.70. The molecular formula is C17H34N4O. The Balaban J connectivity index is 2.56. The van der Waals surface area contributed by atoms with Crippen LogP contribution in [0.3, 0.4) is 0 Å². The third-order valence-electron chi connectivity index (χ3n) is 4.70. The van der Waals surface area contributed by atoms with E-state index in [-0.39, 0.29) is 5.91 Å². The van der Waals surface area contributed by atoms with E-state index in [1.54, 1.807) is 0 Å². The molecule has 0 atom stereocenters. The first-order valence-corrected chi connectivity index (χ1v) is 8.61. The molecule has 0 bridgehead atoms. The number of amides is 1. The molecule has 1 fully saturated rings. The van der Waals surface area contributed by atoms with Gasteiger partial charge in [0.2, 0.25) is 5.91 Å². The molecule has 1 aliphatic carbocycles. The zero-order chi connectivity index (χ0) is 16.8. The van der Waals surface area contributed by atoms with E-state index in [9.17, 15) is 4.79 Å². The number of hydrogen-bond acceptors (Lipinski definition) is 2. The molecule has 128 valence electrons. The maximum Gasteiger partial charge on any atom is 0.224 e. The summed E-state index contributed by atoms with van der Waals surface area (Å²) in [7, 11) is 0. The van der Waals surface area contributed by atoms with E-state index >= 15 is 0 Å². The highest BCUT2D eigenvalue weighted by Gasteiger charge is 2.26. The predicted octanol–water partition coefficient (Wildman–Crippen LogP) is 2.27. The minimum atomic E-state index is -0.613. The van der Waals surface area contributed by atoms with Crippen LogP contribution in [0.25, 0.3) is 0 Å². The molecule has 1 rings (SSSR count). The third kappa shape index (κ3) is 5.85. The first-order chi connectivity index (χ1) is 10.3. The normalized spacial score (nSPS) is 23.5. The average molecular weight is 310 g/mol. The fourth-order valence-corrected chi connectivity index (χ4v) is 2.80. The number of rotatable bonds is 6. The van der Waals surface area contributed by atoms with Crippen molar-refractivity contribution >= 4 is 11.9 Å². The van der Waals surface area contributed by atoms with Crippen LogP contribution < -0.4 is 16.4 Å². The van der Waals surface area contributed by atoms with Gasteiger partial charge in [-0.1, -0.05) is 13.8 Å². The number of hydrogen-bond donors (Lipinski definition) is 3. The number of nitrogens with zero attached hydrogens (tertiary/aromatic N) is 1. The van der Waals surface area contributed by atoms with Crippen LogP contribution in [0.1, 0.15) is 60.3 Å². The first kappa shape index (κ1) is 18.8. The Hall–Kier alpha value is -1.26. The van der Waals surface area contributed by atoms with Crippen LogP contribution in [0.15, 0.2) is 4.99 Å². The molecule has 0 aliphatic heterocycles. The smallest absolute Gasteiger partial charge is 0.224 e. The van der Waals surface area contributed by atoms with Crippen LogP contribution in [-0.2, 0) is 4.79 Å². The van der Waals surface area contributed by atoms with E-state index in [1.165, 1.54) is 25.7 Å². The summed E-state index contributed by atoms with van der Waals surface area (Å²) in [6, 6.07) is 0.476. The van der Waals surface area contributed by atoms with Crippen LogP contribution in [-0.4, -0.2) is 31.0 Å². The SMILES string of the molecule is CCNC(=NCC(C)(C)C(N)=O)NC1CCC(C(C)C)CC1. The van der Waals surface area contributed by atoms with Crippen LogP contribution in [0.4, 0.5) is 0 Å². The molecule has 0 aromatic carbocycles. The first-order valence-electron chi connectivity index (χ1n) is 8.61. The standard InChI is InChI=1S/C17H34N4O/c1-6-19-16(20-11-17(4,5)15(18)22)21-14-9-7-13(8-10-14)12(2)3/h12-14H,6-11H2,1-5H3,(H2,18,22)(H2,19,20,21). The quantitative estimate of drug-likeness (QED) is 0.520. The molecule has 0 unspecified atom stereocenters. The molecule has 4 N–H and O–H groups in total. The van der Waals surface area contributed by atoms with Crippen molar-refractivity contribution in [2.75, 3.05) is 13.1 Å². The minimum Gasteiger partial charge on any atom is -0.369 e. The van der Waals surface area contributed by atoms with Gasteiger partial charge in [-0.2, -0.15) is 0 Å². The summed E-state index contributed by atoms with van der Waals surface area (Å²) in [6.07, 6.45) is 4.93. The van der Waals surface area contributed by atoms with Crippen molar-refractivity contribution in [3.05, 3.63) is 0 Å². The van der Waals surface area contributed by atoms with Crippen LogP contribution in [0.5, 0.6) is 0 Å². The van der Waals surface area contributed by atoms with Gasteiger partial charge in [0.05, 0.1) is 12.0 Å². The maximum atomic E-state index is 11.4. The summed E-state index contributed by atoms with van der Waals surface area (Å²) in [6.45, 7) is 11.5. The van der Waals surface area contributed by atoms with Gasteiger partial charge in [-0.25, -0.2) is 0 Å². The lowest BCUT2D eigenvalue weighted by Crippen LogP contribution is -2.46. The molecular weight excluding hydrogens is 276 g/mol. The Bertz CT molecular complexity index is 382. The molecule has 1 saturated carbocycles. The van der Waals surface area contributed by atoms with Crippen molar-refractivity contribution in [2.24, 2.45) is 28.0 Å². The molecule has 0 spiro atoms. The van der Waals surface area contributed by atoms with Gasteiger partial charge in [0, 0.05) is 12.6 Å². The highest BCUT2D eigenvalue weighted by atomic mass is 16.1. The lowest BCUT2D eigenvalue weighted by Gasteiger charge is -2.32. The van der Waals surface area contributed by atoms with Crippen molar-refractivity contribution in [3.8, 4) is 0 Å². The summed E-state index contributed by atoms with van der Waals surface area (Å²) in [5.74, 6) is 2.11. The van der Waals surface area contributed by atoms with Gasteiger partial charge in [0.25, 0.3) is 0 Å². The number of nitrogens with two attached hydrogens (primary N) is 1. The molecule has 0 aromatic heterocycles. The molecule has 0 saturated heterocycles. The van der Waals surface area contributed by atoms with Crippen molar-refractivity contribution in [2.45, 2.75) is 66.3 Å². The molecule has 22 heavy (non-hydrogen) atoms. The average Bonchev–Trinajstić information content (AvgIpc) is 2.45. The van der Waals surface area contributed by atoms with E-state index in [1.807, 2.05) is 20.8 Å². The van der Waals surface area contributed by atoms with Gasteiger partial charge in [-0.3, -0.25) is 9.79 Å². The van der Waals surface area contributed by atoms with E-state index < -0.39 is 5.41 Å². The number of aliphatic imine (C=N–C) groups is 1. The highest BCUT2D eigenvalue weighted by molar-refractivity contribution is 5.82. The molecule has 5 nitrogen and oxygen atoms in total. The zero-order valence-electron chi connectivity index (χ0n) is 14.9.